The van der Waals surface area contributed by atoms with Crippen LogP contribution in [0.4, 0.5) is 0 Å². The molecule has 1 aliphatic heterocycles. The highest BCUT2D eigenvalue weighted by Crippen LogP contribution is 2.33. The molecule has 3 aromatic rings. The number of aromatic nitrogens is 3. The van der Waals surface area contributed by atoms with Crippen LogP contribution in [-0.4, -0.2) is 51.2 Å². The zero-order chi connectivity index (χ0) is 23.8. The maximum absolute atomic E-state index is 13.9. The van der Waals surface area contributed by atoms with E-state index in [1.165, 1.54) is 9.10 Å². The average molecular weight is 594 g/mol. The molecule has 0 unspecified atom stereocenters. The normalized spacial score (nSPS) is 18.6. The van der Waals surface area contributed by atoms with Gasteiger partial charge in [-0.25, -0.2) is 8.42 Å². The summed E-state index contributed by atoms with van der Waals surface area (Å²) in [5, 5.41) is 18.6. The Labute approximate surface area is 210 Å². The number of likely N-dealkylation sites (tertiary alicyclic amines) is 1. The molecule has 0 saturated carbocycles. The second-order valence-corrected chi connectivity index (χ2v) is 11.6. The fourth-order valence-corrected chi connectivity index (χ4v) is 6.99. The van der Waals surface area contributed by atoms with E-state index < -0.39 is 10.0 Å². The van der Waals surface area contributed by atoms with Crippen LogP contribution in [0, 0.1) is 18.4 Å². The number of nitriles is 1. The van der Waals surface area contributed by atoms with E-state index in [0.717, 1.165) is 5.69 Å². The zero-order valence-corrected chi connectivity index (χ0v) is 22.0. The number of benzene rings is 2. The first-order valence-electron chi connectivity index (χ1n) is 10.3. The van der Waals surface area contributed by atoms with E-state index in [1.807, 2.05) is 44.2 Å². The summed E-state index contributed by atoms with van der Waals surface area (Å²) in [7, 11) is -3.92. The number of nitrogens with zero attached hydrogens (tertiary/aromatic N) is 6. The van der Waals surface area contributed by atoms with Crippen LogP contribution in [0.5, 0.6) is 0 Å². The van der Waals surface area contributed by atoms with Gasteiger partial charge in [0.05, 0.1) is 22.8 Å². The highest BCUT2D eigenvalue weighted by molar-refractivity contribution is 9.11. The lowest BCUT2D eigenvalue weighted by atomic mass is 10.2. The summed E-state index contributed by atoms with van der Waals surface area (Å²) in [6.07, 6.45) is 2.72. The zero-order valence-electron chi connectivity index (χ0n) is 18.1. The largest absolute Gasteiger partial charge is 0.306 e. The van der Waals surface area contributed by atoms with Gasteiger partial charge in [-0.1, -0.05) is 34.1 Å². The van der Waals surface area contributed by atoms with E-state index in [2.05, 4.69) is 48.3 Å². The fraction of sp³-hybridized carbons (Fsp3) is 0.318. The molecule has 0 spiro atoms. The quantitative estimate of drug-likeness (QED) is 0.397. The third-order valence-electron chi connectivity index (χ3n) is 5.74. The summed E-state index contributed by atoms with van der Waals surface area (Å²) >= 11 is 6.77. The van der Waals surface area contributed by atoms with Gasteiger partial charge in [-0.05, 0) is 66.5 Å². The van der Waals surface area contributed by atoms with Crippen molar-refractivity contribution in [2.75, 3.05) is 6.54 Å². The minimum Gasteiger partial charge on any atom is -0.306 e. The number of rotatable bonds is 6. The van der Waals surface area contributed by atoms with E-state index >= 15 is 0 Å². The van der Waals surface area contributed by atoms with Crippen LogP contribution >= 0.6 is 31.9 Å². The van der Waals surface area contributed by atoms with E-state index in [0.29, 0.717) is 33.3 Å². The summed E-state index contributed by atoms with van der Waals surface area (Å²) in [5.41, 5.74) is 2.01. The number of aryl methyl sites for hydroxylation is 1. The Morgan fingerprint density at radius 1 is 1.18 bits per heavy atom. The molecule has 1 aromatic heterocycles. The van der Waals surface area contributed by atoms with Crippen molar-refractivity contribution in [1.82, 2.24) is 24.2 Å². The Kier molecular flexibility index (Phi) is 6.91. The van der Waals surface area contributed by atoms with Gasteiger partial charge in [0, 0.05) is 27.6 Å². The first-order valence-corrected chi connectivity index (χ1v) is 13.3. The van der Waals surface area contributed by atoms with Gasteiger partial charge in [-0.15, -0.1) is 0 Å². The molecular weight excluding hydrogens is 572 g/mol. The predicted octanol–water partition coefficient (Wildman–Crippen LogP) is 4.24. The Balaban J connectivity index is 1.75. The first kappa shape index (κ1) is 23.9. The van der Waals surface area contributed by atoms with E-state index in [-0.39, 0.29) is 23.5 Å². The molecule has 2 aromatic carbocycles. The fourth-order valence-electron chi connectivity index (χ4n) is 3.94. The standard InChI is InChI=1S/C22H22Br2N6O2S/c1-15-10-19(12-28(15)14-25)29(33(31,32)22-11-17(23)8-9-20(22)24)13-21-16(2)26-30(27-21)18-6-4-3-5-7-18/h3-9,11,15,19H,10,12-13H2,1-2H3/t15-,19-/m0/s1. The van der Waals surface area contributed by atoms with E-state index in [4.69, 9.17) is 0 Å². The summed E-state index contributed by atoms with van der Waals surface area (Å²) in [4.78, 5) is 3.30. The molecule has 2 heterocycles. The van der Waals surface area contributed by atoms with Crippen molar-refractivity contribution < 1.29 is 8.42 Å². The van der Waals surface area contributed by atoms with Crippen molar-refractivity contribution in [3.63, 3.8) is 0 Å². The summed E-state index contributed by atoms with van der Waals surface area (Å²) in [6.45, 7) is 4.13. The molecule has 172 valence electrons. The van der Waals surface area contributed by atoms with Crippen molar-refractivity contribution in [2.45, 2.75) is 43.8 Å². The summed E-state index contributed by atoms with van der Waals surface area (Å²) in [5.74, 6) is 0. The van der Waals surface area contributed by atoms with Gasteiger partial charge in [0.2, 0.25) is 10.0 Å². The van der Waals surface area contributed by atoms with E-state index in [1.54, 1.807) is 23.1 Å². The number of hydrogen-bond acceptors (Lipinski definition) is 6. The molecule has 0 aliphatic carbocycles. The van der Waals surface area contributed by atoms with Crippen molar-refractivity contribution in [2.24, 2.45) is 0 Å². The molecule has 1 fully saturated rings. The Bertz CT molecular complexity index is 1310. The Morgan fingerprint density at radius 2 is 1.91 bits per heavy atom. The maximum Gasteiger partial charge on any atom is 0.244 e. The molecule has 4 rings (SSSR count). The smallest absolute Gasteiger partial charge is 0.244 e. The second-order valence-electron chi connectivity index (χ2n) is 7.97. The third-order valence-corrected chi connectivity index (χ3v) is 9.12. The molecule has 0 amide bonds. The number of sulfonamides is 1. The van der Waals surface area contributed by atoms with Crippen molar-refractivity contribution in [3.05, 3.63) is 68.9 Å². The molecule has 1 aliphatic rings. The molecule has 11 heteroatoms. The molecule has 0 radical (unpaired) electrons. The van der Waals surface area contributed by atoms with E-state index in [9.17, 15) is 13.7 Å². The Hall–Kier alpha value is -2.26. The van der Waals surface area contributed by atoms with Gasteiger partial charge in [0.25, 0.3) is 0 Å². The number of para-hydroxylation sites is 1. The van der Waals surface area contributed by atoms with Crippen LogP contribution < -0.4 is 0 Å². The molecular formula is C22H22Br2N6O2S. The topological polar surface area (TPSA) is 95.1 Å². The van der Waals surface area contributed by atoms with Gasteiger partial charge >= 0.3 is 0 Å². The molecule has 0 N–H and O–H groups in total. The highest BCUT2D eigenvalue weighted by atomic mass is 79.9. The lowest BCUT2D eigenvalue weighted by Crippen LogP contribution is -2.41. The van der Waals surface area contributed by atoms with Crippen LogP contribution in [0.2, 0.25) is 0 Å². The van der Waals surface area contributed by atoms with Crippen LogP contribution in [0.15, 0.2) is 62.4 Å². The second kappa shape index (κ2) is 9.54. The van der Waals surface area contributed by atoms with Crippen LogP contribution in [0.25, 0.3) is 5.69 Å². The number of hydrogen-bond donors (Lipinski definition) is 0. The SMILES string of the molecule is Cc1nn(-c2ccccc2)nc1CN([C@H]1C[C@H](C)N(C#N)C1)S(=O)(=O)c1cc(Br)ccc1Br. The van der Waals surface area contributed by atoms with Crippen molar-refractivity contribution in [1.29, 1.82) is 5.26 Å². The number of halogens is 2. The van der Waals surface area contributed by atoms with Gasteiger partial charge in [-0.2, -0.15) is 24.6 Å². The lowest BCUT2D eigenvalue weighted by Gasteiger charge is -2.27. The Morgan fingerprint density at radius 3 is 2.58 bits per heavy atom. The predicted molar refractivity (Wildman–Crippen MR) is 131 cm³/mol. The molecule has 1 saturated heterocycles. The molecule has 2 atom stereocenters. The maximum atomic E-state index is 13.9. The van der Waals surface area contributed by atoms with Gasteiger partial charge < -0.3 is 4.90 Å². The van der Waals surface area contributed by atoms with Gasteiger partial charge in [0.15, 0.2) is 6.19 Å². The summed E-state index contributed by atoms with van der Waals surface area (Å²) in [6, 6.07) is 14.1. The molecule has 33 heavy (non-hydrogen) atoms. The van der Waals surface area contributed by atoms with Gasteiger partial charge in [-0.3, -0.25) is 0 Å². The lowest BCUT2D eigenvalue weighted by molar-refractivity contribution is 0.309. The molecule has 8 nitrogen and oxygen atoms in total. The van der Waals surface area contributed by atoms with Crippen LogP contribution in [0.1, 0.15) is 24.7 Å². The van der Waals surface area contributed by atoms with Crippen LogP contribution in [-0.2, 0) is 16.6 Å². The first-order chi connectivity index (χ1) is 15.7. The van der Waals surface area contributed by atoms with Crippen molar-refractivity contribution >= 4 is 41.9 Å². The third kappa shape index (κ3) is 4.84. The van der Waals surface area contributed by atoms with Crippen molar-refractivity contribution in [3.8, 4) is 11.9 Å². The van der Waals surface area contributed by atoms with Gasteiger partial charge in [0.1, 0.15) is 5.69 Å². The van der Waals surface area contributed by atoms with Crippen LogP contribution in [0.3, 0.4) is 0 Å². The molecule has 0 bridgehead atoms. The average Bonchev–Trinajstić information content (AvgIpc) is 3.35. The monoisotopic (exact) mass is 592 g/mol. The minimum atomic E-state index is -3.92. The minimum absolute atomic E-state index is 0.0512. The highest BCUT2D eigenvalue weighted by Gasteiger charge is 2.40. The summed E-state index contributed by atoms with van der Waals surface area (Å²) < 4.78 is 30.4.